The predicted molar refractivity (Wildman–Crippen MR) is 85.5 cm³/mol. The molecular weight excluding hydrogens is 300 g/mol. The van der Waals surface area contributed by atoms with Crippen LogP contribution >= 0.6 is 15.9 Å². The Kier molecular flexibility index (Phi) is 6.35. The quantitative estimate of drug-likeness (QED) is 0.802. The molecule has 19 heavy (non-hydrogen) atoms. The number of likely N-dealkylation sites (tertiary alicyclic amines) is 1. The SMILES string of the molecule is Cc1cc(Br)ccc1CNCCCN1CCCCC1. The first kappa shape index (κ1) is 15.0. The second-order valence-electron chi connectivity index (χ2n) is 5.50. The van der Waals surface area contributed by atoms with Gasteiger partial charge in [0.2, 0.25) is 0 Å². The monoisotopic (exact) mass is 324 g/mol. The number of hydrogen-bond acceptors (Lipinski definition) is 2. The van der Waals surface area contributed by atoms with Crippen molar-refractivity contribution in [1.29, 1.82) is 0 Å². The Morgan fingerprint density at radius 2 is 2.00 bits per heavy atom. The van der Waals surface area contributed by atoms with Crippen LogP contribution in [0, 0.1) is 6.92 Å². The van der Waals surface area contributed by atoms with Crippen molar-refractivity contribution in [3.63, 3.8) is 0 Å². The summed E-state index contributed by atoms with van der Waals surface area (Å²) in [7, 11) is 0. The van der Waals surface area contributed by atoms with Gasteiger partial charge in [-0.3, -0.25) is 0 Å². The van der Waals surface area contributed by atoms with Crippen LogP contribution < -0.4 is 5.32 Å². The Morgan fingerprint density at radius 3 is 2.74 bits per heavy atom. The lowest BCUT2D eigenvalue weighted by Crippen LogP contribution is -2.32. The summed E-state index contributed by atoms with van der Waals surface area (Å²) in [4.78, 5) is 2.61. The molecule has 1 aliphatic heterocycles. The molecule has 0 radical (unpaired) electrons. The molecule has 1 saturated heterocycles. The fourth-order valence-electron chi connectivity index (χ4n) is 2.69. The Balaban J connectivity index is 1.61. The number of halogens is 1. The molecule has 2 rings (SSSR count). The number of piperidine rings is 1. The number of rotatable bonds is 6. The molecule has 0 aliphatic carbocycles. The number of aryl methyl sites for hydroxylation is 1. The maximum atomic E-state index is 3.56. The number of nitrogens with zero attached hydrogens (tertiary/aromatic N) is 1. The average Bonchev–Trinajstić information content (AvgIpc) is 2.42. The van der Waals surface area contributed by atoms with E-state index < -0.39 is 0 Å². The normalized spacial score (nSPS) is 16.7. The van der Waals surface area contributed by atoms with E-state index in [0.29, 0.717) is 0 Å². The maximum absolute atomic E-state index is 3.56. The summed E-state index contributed by atoms with van der Waals surface area (Å²) in [5, 5.41) is 3.56. The summed E-state index contributed by atoms with van der Waals surface area (Å²) in [5.74, 6) is 0. The first-order chi connectivity index (χ1) is 9.25. The largest absolute Gasteiger partial charge is 0.313 e. The van der Waals surface area contributed by atoms with Gasteiger partial charge in [-0.2, -0.15) is 0 Å². The third-order valence-electron chi connectivity index (χ3n) is 3.90. The number of nitrogens with one attached hydrogen (secondary N) is 1. The molecular formula is C16H25BrN2. The molecule has 0 unspecified atom stereocenters. The van der Waals surface area contributed by atoms with Crippen LogP contribution in [0.25, 0.3) is 0 Å². The van der Waals surface area contributed by atoms with Gasteiger partial charge in [0.15, 0.2) is 0 Å². The molecule has 0 amide bonds. The van der Waals surface area contributed by atoms with Crippen molar-refractivity contribution in [3.8, 4) is 0 Å². The molecule has 1 aliphatic rings. The molecule has 1 fully saturated rings. The highest BCUT2D eigenvalue weighted by molar-refractivity contribution is 9.10. The highest BCUT2D eigenvalue weighted by atomic mass is 79.9. The van der Waals surface area contributed by atoms with Gasteiger partial charge in [-0.05, 0) is 75.6 Å². The van der Waals surface area contributed by atoms with Gasteiger partial charge >= 0.3 is 0 Å². The van der Waals surface area contributed by atoms with E-state index >= 15 is 0 Å². The third-order valence-corrected chi connectivity index (χ3v) is 4.39. The zero-order chi connectivity index (χ0) is 13.5. The summed E-state index contributed by atoms with van der Waals surface area (Å²) >= 11 is 3.51. The van der Waals surface area contributed by atoms with Crippen LogP contribution in [0.1, 0.15) is 36.8 Å². The molecule has 1 aromatic carbocycles. The second-order valence-corrected chi connectivity index (χ2v) is 6.42. The highest BCUT2D eigenvalue weighted by Gasteiger charge is 2.08. The number of hydrogen-bond donors (Lipinski definition) is 1. The summed E-state index contributed by atoms with van der Waals surface area (Å²) in [6.07, 6.45) is 5.48. The Labute approximate surface area is 125 Å². The fourth-order valence-corrected chi connectivity index (χ4v) is 3.17. The van der Waals surface area contributed by atoms with Crippen molar-refractivity contribution in [2.24, 2.45) is 0 Å². The van der Waals surface area contributed by atoms with Crippen LogP contribution in [-0.2, 0) is 6.54 Å². The van der Waals surface area contributed by atoms with Crippen molar-refractivity contribution in [1.82, 2.24) is 10.2 Å². The van der Waals surface area contributed by atoms with E-state index in [-0.39, 0.29) is 0 Å². The van der Waals surface area contributed by atoms with Crippen LogP contribution in [0.5, 0.6) is 0 Å². The molecule has 1 aromatic rings. The van der Waals surface area contributed by atoms with Gasteiger partial charge in [0.05, 0.1) is 0 Å². The summed E-state index contributed by atoms with van der Waals surface area (Å²) in [6.45, 7) is 8.16. The van der Waals surface area contributed by atoms with Crippen LogP contribution in [0.3, 0.4) is 0 Å². The Hall–Kier alpha value is -0.380. The van der Waals surface area contributed by atoms with Crippen LogP contribution in [0.4, 0.5) is 0 Å². The topological polar surface area (TPSA) is 15.3 Å². The molecule has 0 saturated carbocycles. The van der Waals surface area contributed by atoms with E-state index in [9.17, 15) is 0 Å². The lowest BCUT2D eigenvalue weighted by molar-refractivity contribution is 0.225. The number of benzene rings is 1. The van der Waals surface area contributed by atoms with Gasteiger partial charge in [0.1, 0.15) is 0 Å². The zero-order valence-corrected chi connectivity index (χ0v) is 13.5. The first-order valence-electron chi connectivity index (χ1n) is 7.44. The lowest BCUT2D eigenvalue weighted by Gasteiger charge is -2.26. The van der Waals surface area contributed by atoms with Crippen LogP contribution in [0.2, 0.25) is 0 Å². The van der Waals surface area contributed by atoms with E-state index in [0.717, 1.165) is 13.1 Å². The van der Waals surface area contributed by atoms with E-state index in [4.69, 9.17) is 0 Å². The van der Waals surface area contributed by atoms with Gasteiger partial charge in [-0.1, -0.05) is 28.4 Å². The summed E-state index contributed by atoms with van der Waals surface area (Å²) < 4.78 is 1.17. The zero-order valence-electron chi connectivity index (χ0n) is 11.9. The van der Waals surface area contributed by atoms with Crippen molar-refractivity contribution >= 4 is 15.9 Å². The third kappa shape index (κ3) is 5.25. The standard InChI is InChI=1S/C16H25BrN2/c1-14-12-16(17)7-6-15(14)13-18-8-5-11-19-9-3-2-4-10-19/h6-7,12,18H,2-5,8-11,13H2,1H3. The predicted octanol–water partition coefficient (Wildman–Crippen LogP) is 3.72. The van der Waals surface area contributed by atoms with Gasteiger partial charge < -0.3 is 10.2 Å². The van der Waals surface area contributed by atoms with E-state index in [1.807, 2.05) is 0 Å². The van der Waals surface area contributed by atoms with E-state index in [2.05, 4.69) is 51.3 Å². The summed E-state index contributed by atoms with van der Waals surface area (Å²) in [5.41, 5.74) is 2.76. The molecule has 0 atom stereocenters. The average molecular weight is 325 g/mol. The molecule has 0 bridgehead atoms. The van der Waals surface area contributed by atoms with E-state index in [1.54, 1.807) is 0 Å². The molecule has 0 aromatic heterocycles. The van der Waals surface area contributed by atoms with Crippen LogP contribution in [-0.4, -0.2) is 31.1 Å². The van der Waals surface area contributed by atoms with Crippen LogP contribution in [0.15, 0.2) is 22.7 Å². The fraction of sp³-hybridized carbons (Fsp3) is 0.625. The minimum Gasteiger partial charge on any atom is -0.313 e. The van der Waals surface area contributed by atoms with E-state index in [1.165, 1.54) is 60.9 Å². The highest BCUT2D eigenvalue weighted by Crippen LogP contribution is 2.15. The molecule has 106 valence electrons. The second kappa shape index (κ2) is 8.03. The molecule has 1 N–H and O–H groups in total. The smallest absolute Gasteiger partial charge is 0.0208 e. The Bertz CT molecular complexity index is 386. The van der Waals surface area contributed by atoms with Gasteiger partial charge in [0.25, 0.3) is 0 Å². The Morgan fingerprint density at radius 1 is 1.21 bits per heavy atom. The van der Waals surface area contributed by atoms with Crippen molar-refractivity contribution in [2.45, 2.75) is 39.2 Å². The van der Waals surface area contributed by atoms with Gasteiger partial charge in [-0.25, -0.2) is 0 Å². The lowest BCUT2D eigenvalue weighted by atomic mass is 10.1. The minimum absolute atomic E-state index is 0.985. The van der Waals surface area contributed by atoms with Gasteiger partial charge in [-0.15, -0.1) is 0 Å². The first-order valence-corrected chi connectivity index (χ1v) is 8.23. The van der Waals surface area contributed by atoms with Crippen molar-refractivity contribution in [3.05, 3.63) is 33.8 Å². The molecule has 0 spiro atoms. The van der Waals surface area contributed by atoms with Crippen molar-refractivity contribution in [2.75, 3.05) is 26.2 Å². The maximum Gasteiger partial charge on any atom is 0.0208 e. The molecule has 3 heteroatoms. The minimum atomic E-state index is 0.985. The summed E-state index contributed by atoms with van der Waals surface area (Å²) in [6, 6.07) is 6.51. The van der Waals surface area contributed by atoms with Gasteiger partial charge in [0, 0.05) is 11.0 Å². The molecule has 1 heterocycles. The van der Waals surface area contributed by atoms with Crippen molar-refractivity contribution < 1.29 is 0 Å². The molecule has 2 nitrogen and oxygen atoms in total.